The first kappa shape index (κ1) is 20.0. The van der Waals surface area contributed by atoms with Crippen LogP contribution in [0.15, 0.2) is 40.4 Å². The van der Waals surface area contributed by atoms with E-state index in [1.807, 2.05) is 38.1 Å². The first-order valence-corrected chi connectivity index (χ1v) is 9.02. The minimum Gasteiger partial charge on any atom is -0.383 e. The van der Waals surface area contributed by atoms with Crippen LogP contribution in [0.25, 0.3) is 6.08 Å². The fraction of sp³-hybridized carbons (Fsp3) is 0.300. The molecule has 2 rings (SSSR count). The van der Waals surface area contributed by atoms with Crippen molar-refractivity contribution >= 4 is 33.6 Å². The highest BCUT2D eigenvalue weighted by Gasteiger charge is 2.16. The van der Waals surface area contributed by atoms with E-state index in [0.29, 0.717) is 12.3 Å². The molecule has 0 spiro atoms. The van der Waals surface area contributed by atoms with Crippen LogP contribution < -0.4 is 5.32 Å². The van der Waals surface area contributed by atoms with Crippen molar-refractivity contribution in [3.8, 4) is 6.07 Å². The lowest BCUT2D eigenvalue weighted by molar-refractivity contribution is -0.112. The molecule has 0 aliphatic carbocycles. The molecule has 1 amide bonds. The Balaban J connectivity index is 2.28. The summed E-state index contributed by atoms with van der Waals surface area (Å²) >= 11 is 3.35. The topological polar surface area (TPSA) is 67.0 Å². The summed E-state index contributed by atoms with van der Waals surface area (Å²) in [5.41, 5.74) is 3.61. The molecule has 0 radical (unpaired) electrons. The van der Waals surface area contributed by atoms with Crippen molar-refractivity contribution in [2.75, 3.05) is 19.0 Å². The summed E-state index contributed by atoms with van der Waals surface area (Å²) in [4.78, 5) is 12.4. The summed E-state index contributed by atoms with van der Waals surface area (Å²) in [6.07, 6.45) is 1.63. The average Bonchev–Trinajstić information content (AvgIpc) is 2.88. The van der Waals surface area contributed by atoms with Gasteiger partial charge in [-0.3, -0.25) is 4.79 Å². The summed E-state index contributed by atoms with van der Waals surface area (Å²) in [7, 11) is 1.67. The zero-order chi connectivity index (χ0) is 19.3. The van der Waals surface area contributed by atoms with Gasteiger partial charge in [-0.15, -0.1) is 0 Å². The number of hydrogen-bond acceptors (Lipinski definition) is 3. The van der Waals surface area contributed by atoms with E-state index in [1.165, 1.54) is 0 Å². The van der Waals surface area contributed by atoms with Crippen LogP contribution in [0.2, 0.25) is 0 Å². The molecule has 5 nitrogen and oxygen atoms in total. The number of halogens is 1. The number of aryl methyl sites for hydroxylation is 1. The molecule has 0 saturated heterocycles. The Hall–Kier alpha value is -2.36. The van der Waals surface area contributed by atoms with Gasteiger partial charge in [-0.1, -0.05) is 15.9 Å². The molecule has 2 aromatic rings. The third-order valence-corrected chi connectivity index (χ3v) is 4.67. The highest BCUT2D eigenvalue weighted by Crippen LogP contribution is 2.23. The number of nitrogens with one attached hydrogen (secondary N) is 1. The molecule has 1 unspecified atom stereocenters. The minimum atomic E-state index is -0.426. The Labute approximate surface area is 162 Å². The highest BCUT2D eigenvalue weighted by atomic mass is 79.9. The first-order chi connectivity index (χ1) is 12.4. The molecule has 136 valence electrons. The van der Waals surface area contributed by atoms with Crippen LogP contribution in [0.1, 0.15) is 29.9 Å². The SMILES string of the molecule is COCC(C)n1c(C)cc(/C=C(\C#N)C(=O)Nc2ccc(Br)cc2)c1C. The van der Waals surface area contributed by atoms with Crippen molar-refractivity contribution in [2.45, 2.75) is 26.8 Å². The number of carbonyl (C=O) groups excluding carboxylic acids is 1. The summed E-state index contributed by atoms with van der Waals surface area (Å²) in [6, 6.07) is 11.4. The van der Waals surface area contributed by atoms with Gasteiger partial charge in [-0.05, 0) is 62.7 Å². The van der Waals surface area contributed by atoms with Crippen molar-refractivity contribution in [1.29, 1.82) is 5.26 Å². The van der Waals surface area contributed by atoms with Crippen LogP contribution in [0.4, 0.5) is 5.69 Å². The molecular weight excluding hydrogens is 394 g/mol. The van der Waals surface area contributed by atoms with Gasteiger partial charge >= 0.3 is 0 Å². The Bertz CT molecular complexity index is 860. The zero-order valence-electron chi connectivity index (χ0n) is 15.3. The van der Waals surface area contributed by atoms with Gasteiger partial charge in [0.15, 0.2) is 0 Å². The molecule has 0 aliphatic rings. The summed E-state index contributed by atoms with van der Waals surface area (Å²) in [5.74, 6) is -0.426. The van der Waals surface area contributed by atoms with E-state index in [9.17, 15) is 10.1 Å². The van der Waals surface area contributed by atoms with Crippen LogP contribution in [-0.4, -0.2) is 24.2 Å². The number of carbonyl (C=O) groups is 1. The minimum absolute atomic E-state index is 0.0626. The fourth-order valence-electron chi connectivity index (χ4n) is 2.98. The van der Waals surface area contributed by atoms with E-state index >= 15 is 0 Å². The Morgan fingerprint density at radius 3 is 2.62 bits per heavy atom. The van der Waals surface area contributed by atoms with Crippen molar-refractivity contribution < 1.29 is 9.53 Å². The number of nitrogens with zero attached hydrogens (tertiary/aromatic N) is 2. The number of rotatable bonds is 6. The molecule has 0 bridgehead atoms. The Morgan fingerprint density at radius 2 is 2.04 bits per heavy atom. The smallest absolute Gasteiger partial charge is 0.266 e. The molecular formula is C20H22BrN3O2. The molecule has 26 heavy (non-hydrogen) atoms. The van der Waals surface area contributed by atoms with E-state index in [4.69, 9.17) is 4.74 Å². The summed E-state index contributed by atoms with van der Waals surface area (Å²) in [6.45, 7) is 6.65. The second-order valence-electron chi connectivity index (χ2n) is 6.13. The largest absolute Gasteiger partial charge is 0.383 e. The van der Waals surface area contributed by atoms with E-state index in [0.717, 1.165) is 21.4 Å². The van der Waals surface area contributed by atoms with Gasteiger partial charge in [0.25, 0.3) is 5.91 Å². The van der Waals surface area contributed by atoms with Crippen molar-refractivity contribution in [3.63, 3.8) is 0 Å². The number of methoxy groups -OCH3 is 1. The summed E-state index contributed by atoms with van der Waals surface area (Å²) in [5, 5.41) is 12.2. The number of ether oxygens (including phenoxy) is 1. The van der Waals surface area contributed by atoms with Crippen molar-refractivity contribution in [2.24, 2.45) is 0 Å². The predicted octanol–water partition coefficient (Wildman–Crippen LogP) is 4.62. The van der Waals surface area contributed by atoms with Crippen LogP contribution in [0.3, 0.4) is 0 Å². The lowest BCUT2D eigenvalue weighted by atomic mass is 10.1. The van der Waals surface area contributed by atoms with Crippen LogP contribution >= 0.6 is 15.9 Å². The molecule has 1 aromatic carbocycles. The number of aromatic nitrogens is 1. The normalized spacial score (nSPS) is 12.5. The average molecular weight is 416 g/mol. The quantitative estimate of drug-likeness (QED) is 0.552. The Morgan fingerprint density at radius 1 is 1.38 bits per heavy atom. The monoisotopic (exact) mass is 415 g/mol. The zero-order valence-corrected chi connectivity index (χ0v) is 16.9. The number of benzene rings is 1. The summed E-state index contributed by atoms with van der Waals surface area (Å²) < 4.78 is 8.31. The van der Waals surface area contributed by atoms with Crippen LogP contribution in [0.5, 0.6) is 0 Å². The van der Waals surface area contributed by atoms with Gasteiger partial charge in [0.2, 0.25) is 0 Å². The van der Waals surface area contributed by atoms with Gasteiger partial charge < -0.3 is 14.6 Å². The Kier molecular flexibility index (Phi) is 6.78. The van der Waals surface area contributed by atoms with Gasteiger partial charge in [0.05, 0.1) is 12.6 Å². The number of anilines is 1. The third-order valence-electron chi connectivity index (χ3n) is 4.14. The maximum absolute atomic E-state index is 12.4. The second-order valence-corrected chi connectivity index (χ2v) is 7.05. The molecule has 1 atom stereocenters. The van der Waals surface area contributed by atoms with Crippen molar-refractivity contribution in [1.82, 2.24) is 4.57 Å². The van der Waals surface area contributed by atoms with Crippen LogP contribution in [0, 0.1) is 25.2 Å². The molecule has 6 heteroatoms. The van der Waals surface area contributed by atoms with E-state index in [2.05, 4.69) is 32.7 Å². The maximum Gasteiger partial charge on any atom is 0.266 e. The molecule has 1 N–H and O–H groups in total. The van der Waals surface area contributed by atoms with E-state index < -0.39 is 5.91 Å². The maximum atomic E-state index is 12.4. The fourth-order valence-corrected chi connectivity index (χ4v) is 3.24. The number of hydrogen-bond donors (Lipinski definition) is 1. The van der Waals surface area contributed by atoms with E-state index in [-0.39, 0.29) is 11.6 Å². The predicted molar refractivity (Wildman–Crippen MR) is 107 cm³/mol. The standard InChI is InChI=1S/C20H22BrN3O2/c1-13-9-16(15(3)24(13)14(2)12-26-4)10-17(11-22)20(25)23-19-7-5-18(21)6-8-19/h5-10,14H,12H2,1-4H3,(H,23,25)/b17-10+. The lowest BCUT2D eigenvalue weighted by Crippen LogP contribution is -2.14. The number of nitriles is 1. The highest BCUT2D eigenvalue weighted by molar-refractivity contribution is 9.10. The molecule has 1 aromatic heterocycles. The van der Waals surface area contributed by atoms with Crippen molar-refractivity contribution in [3.05, 3.63) is 57.3 Å². The second kappa shape index (κ2) is 8.84. The van der Waals surface area contributed by atoms with Gasteiger partial charge in [0.1, 0.15) is 11.6 Å². The number of amides is 1. The molecule has 1 heterocycles. The first-order valence-electron chi connectivity index (χ1n) is 8.23. The molecule has 0 aliphatic heterocycles. The van der Waals surface area contributed by atoms with Gasteiger partial charge in [0, 0.05) is 28.7 Å². The molecule has 0 fully saturated rings. The van der Waals surface area contributed by atoms with E-state index in [1.54, 1.807) is 25.3 Å². The third kappa shape index (κ3) is 4.63. The van der Waals surface area contributed by atoms with Gasteiger partial charge in [-0.25, -0.2) is 0 Å². The molecule has 0 saturated carbocycles. The van der Waals surface area contributed by atoms with Gasteiger partial charge in [-0.2, -0.15) is 5.26 Å². The lowest BCUT2D eigenvalue weighted by Gasteiger charge is -2.17. The van der Waals surface area contributed by atoms with Crippen LogP contribution in [-0.2, 0) is 9.53 Å².